The van der Waals surface area contributed by atoms with Crippen molar-refractivity contribution in [1.82, 2.24) is 4.90 Å². The van der Waals surface area contributed by atoms with Crippen LogP contribution in [0.4, 0.5) is 4.79 Å². The number of benzene rings is 2. The van der Waals surface area contributed by atoms with Crippen molar-refractivity contribution in [1.29, 1.82) is 0 Å². The predicted octanol–water partition coefficient (Wildman–Crippen LogP) is 6.53. The summed E-state index contributed by atoms with van der Waals surface area (Å²) in [5, 5.41) is 27.1. The summed E-state index contributed by atoms with van der Waals surface area (Å²) < 4.78 is 24.9. The number of carbonyl (C=O) groups excluding carboxylic acids is 1. The molecule has 1 heterocycles. The van der Waals surface area contributed by atoms with Crippen LogP contribution < -0.4 is 10.4 Å². The molecule has 0 spiro atoms. The van der Waals surface area contributed by atoms with Gasteiger partial charge in [-0.1, -0.05) is 128 Å². The van der Waals surface area contributed by atoms with Crippen LogP contribution in [0.1, 0.15) is 82.6 Å². The summed E-state index contributed by atoms with van der Waals surface area (Å²) in [7, 11) is -1.65. The molecule has 0 aliphatic carbocycles. The molecule has 1 amide bonds. The fourth-order valence-electron chi connectivity index (χ4n) is 7.24. The molecule has 0 bridgehead atoms. The van der Waals surface area contributed by atoms with Crippen LogP contribution in [0.5, 0.6) is 0 Å². The molecule has 0 unspecified atom stereocenters. The van der Waals surface area contributed by atoms with E-state index in [0.717, 1.165) is 10.4 Å². The standard InChI is InChI=1S/C40H63NO7Si/c1-30(23-24-36(3,4)5)25-34(42)40(44)31(2)26-41(35(43)48-37(6,7)8)39(40,27-46-29-45-12)28-47-49(38(9,10)11,32-19-15-13-16-20-32)33-21-17-14-18-22-33/h13-24,30-31,34,42,44H,25-29H2,1-12H3/b24-23+/t30-,31-,34-,39-,40+/m0/s1. The van der Waals surface area contributed by atoms with Gasteiger partial charge in [-0.05, 0) is 53.9 Å². The topological polar surface area (TPSA) is 97.7 Å². The van der Waals surface area contributed by atoms with Gasteiger partial charge in [0.1, 0.15) is 23.5 Å². The van der Waals surface area contributed by atoms with E-state index >= 15 is 0 Å². The van der Waals surface area contributed by atoms with Gasteiger partial charge in [-0.15, -0.1) is 0 Å². The zero-order valence-corrected chi connectivity index (χ0v) is 33.1. The van der Waals surface area contributed by atoms with Crippen LogP contribution in [0.25, 0.3) is 0 Å². The van der Waals surface area contributed by atoms with E-state index in [9.17, 15) is 15.0 Å². The molecule has 2 aromatic rings. The molecule has 0 saturated carbocycles. The minimum Gasteiger partial charge on any atom is -0.444 e. The van der Waals surface area contributed by atoms with Crippen LogP contribution in [-0.2, 0) is 18.6 Å². The van der Waals surface area contributed by atoms with Crippen molar-refractivity contribution in [3.63, 3.8) is 0 Å². The number of hydrogen-bond acceptors (Lipinski definition) is 7. The normalized spacial score (nSPS) is 23.6. The van der Waals surface area contributed by atoms with Crippen molar-refractivity contribution in [2.24, 2.45) is 17.3 Å². The van der Waals surface area contributed by atoms with E-state index in [4.69, 9.17) is 18.6 Å². The van der Waals surface area contributed by atoms with Crippen LogP contribution in [0, 0.1) is 17.3 Å². The lowest BCUT2D eigenvalue weighted by Gasteiger charge is -2.52. The van der Waals surface area contributed by atoms with Crippen molar-refractivity contribution in [2.75, 3.05) is 33.7 Å². The fourth-order valence-corrected chi connectivity index (χ4v) is 11.9. The van der Waals surface area contributed by atoms with Crippen LogP contribution in [0.15, 0.2) is 72.8 Å². The largest absolute Gasteiger partial charge is 0.444 e. The molecule has 274 valence electrons. The molecule has 5 atom stereocenters. The Morgan fingerprint density at radius 3 is 1.94 bits per heavy atom. The van der Waals surface area contributed by atoms with Crippen molar-refractivity contribution in [3.8, 4) is 0 Å². The van der Waals surface area contributed by atoms with E-state index in [0.29, 0.717) is 0 Å². The Hall–Kier alpha value is -2.53. The number of methoxy groups -OCH3 is 1. The van der Waals surface area contributed by atoms with Gasteiger partial charge < -0.3 is 28.8 Å². The van der Waals surface area contributed by atoms with Crippen molar-refractivity contribution < 1.29 is 33.6 Å². The minimum absolute atomic E-state index is 0.0361. The smallest absolute Gasteiger partial charge is 0.411 e. The summed E-state index contributed by atoms with van der Waals surface area (Å²) in [4.78, 5) is 15.8. The molecule has 2 N–H and O–H groups in total. The van der Waals surface area contributed by atoms with E-state index in [2.05, 4.69) is 78.0 Å². The lowest BCUT2D eigenvalue weighted by molar-refractivity contribution is -0.192. The van der Waals surface area contributed by atoms with Crippen LogP contribution in [-0.4, -0.2) is 86.0 Å². The highest BCUT2D eigenvalue weighted by Crippen LogP contribution is 2.49. The molecule has 49 heavy (non-hydrogen) atoms. The average Bonchev–Trinajstić information content (AvgIpc) is 3.23. The molecular formula is C40H63NO7Si. The lowest BCUT2D eigenvalue weighted by Crippen LogP contribution is -2.74. The van der Waals surface area contributed by atoms with Gasteiger partial charge in [0.15, 0.2) is 0 Å². The van der Waals surface area contributed by atoms with E-state index in [1.807, 2.05) is 71.0 Å². The van der Waals surface area contributed by atoms with Gasteiger partial charge in [0.2, 0.25) is 0 Å². The Morgan fingerprint density at radius 2 is 1.49 bits per heavy atom. The zero-order valence-electron chi connectivity index (χ0n) is 32.1. The second-order valence-corrected chi connectivity index (χ2v) is 21.3. The summed E-state index contributed by atoms with van der Waals surface area (Å²) in [6.45, 7) is 22.1. The monoisotopic (exact) mass is 697 g/mol. The maximum Gasteiger partial charge on any atom is 0.411 e. The Bertz CT molecular complexity index is 1330. The number of carbonyl (C=O) groups is 1. The number of allylic oxidation sites excluding steroid dienone is 2. The van der Waals surface area contributed by atoms with Crippen molar-refractivity contribution >= 4 is 24.8 Å². The van der Waals surface area contributed by atoms with Gasteiger partial charge in [0.05, 0.1) is 19.3 Å². The molecule has 3 rings (SSSR count). The van der Waals surface area contributed by atoms with Gasteiger partial charge >= 0.3 is 6.09 Å². The maximum absolute atomic E-state index is 14.2. The number of likely N-dealkylation sites (tertiary alicyclic amines) is 1. The number of aliphatic hydroxyl groups excluding tert-OH is 1. The summed E-state index contributed by atoms with van der Waals surface area (Å²) in [6, 6.07) is 20.5. The third-order valence-corrected chi connectivity index (χ3v) is 14.6. The number of ether oxygens (including phenoxy) is 3. The Kier molecular flexibility index (Phi) is 13.2. The number of hydrogen-bond donors (Lipinski definition) is 2. The van der Waals surface area contributed by atoms with E-state index in [-0.39, 0.29) is 49.3 Å². The van der Waals surface area contributed by atoms with Crippen molar-refractivity contribution in [3.05, 3.63) is 72.8 Å². The molecule has 0 aromatic heterocycles. The summed E-state index contributed by atoms with van der Waals surface area (Å²) in [5.74, 6) is -0.612. The summed E-state index contributed by atoms with van der Waals surface area (Å²) >= 11 is 0. The third-order valence-electron chi connectivity index (χ3n) is 9.60. The predicted molar refractivity (Wildman–Crippen MR) is 200 cm³/mol. The van der Waals surface area contributed by atoms with E-state index in [1.165, 1.54) is 7.11 Å². The highest BCUT2D eigenvalue weighted by molar-refractivity contribution is 6.99. The molecule has 1 fully saturated rings. The number of amides is 1. The fraction of sp³-hybridized carbons (Fsp3) is 0.625. The zero-order chi connectivity index (χ0) is 36.9. The first kappa shape index (κ1) is 40.9. The molecule has 9 heteroatoms. The first-order valence-corrected chi connectivity index (χ1v) is 19.5. The molecule has 8 nitrogen and oxygen atoms in total. The van der Waals surface area contributed by atoms with E-state index < -0.39 is 43.2 Å². The van der Waals surface area contributed by atoms with Gasteiger partial charge in [-0.25, -0.2) is 4.79 Å². The summed E-state index contributed by atoms with van der Waals surface area (Å²) in [5.41, 5.74) is -4.23. The van der Waals surface area contributed by atoms with Crippen LogP contribution in [0.3, 0.4) is 0 Å². The Balaban J connectivity index is 2.30. The highest BCUT2D eigenvalue weighted by Gasteiger charge is 2.69. The lowest BCUT2D eigenvalue weighted by atomic mass is 9.70. The molecule has 2 aromatic carbocycles. The molecule has 1 saturated heterocycles. The Morgan fingerprint density at radius 1 is 0.959 bits per heavy atom. The van der Waals surface area contributed by atoms with Crippen LogP contribution in [0.2, 0.25) is 5.04 Å². The SMILES string of the molecule is COCOC[C@@]1(CO[Si](c2ccccc2)(c2ccccc2)C(C)(C)C)N(C(=O)OC(C)(C)C)C[C@H](C)[C@@]1(O)[C@@H](O)C[C@@H](C)/C=C/C(C)(C)C. The van der Waals surface area contributed by atoms with E-state index in [1.54, 1.807) is 4.90 Å². The van der Waals surface area contributed by atoms with Crippen LogP contribution >= 0.6 is 0 Å². The second-order valence-electron chi connectivity index (χ2n) is 17.0. The molecule has 1 aliphatic heterocycles. The highest BCUT2D eigenvalue weighted by atomic mass is 28.4. The second kappa shape index (κ2) is 15.8. The van der Waals surface area contributed by atoms with Crippen molar-refractivity contribution in [2.45, 2.75) is 110 Å². The number of aliphatic hydroxyl groups is 2. The molecule has 0 radical (unpaired) electrons. The Labute approximate surface area is 296 Å². The molecule has 1 aliphatic rings. The first-order valence-electron chi connectivity index (χ1n) is 17.6. The quantitative estimate of drug-likeness (QED) is 0.106. The number of nitrogens with zero attached hydrogens (tertiary/aromatic N) is 1. The van der Waals surface area contributed by atoms with Gasteiger partial charge in [-0.2, -0.15) is 0 Å². The molecular weight excluding hydrogens is 635 g/mol. The van der Waals surface area contributed by atoms with Gasteiger partial charge in [0, 0.05) is 19.6 Å². The maximum atomic E-state index is 14.2. The van der Waals surface area contributed by atoms with Gasteiger partial charge in [-0.3, -0.25) is 4.90 Å². The summed E-state index contributed by atoms with van der Waals surface area (Å²) in [6.07, 6.45) is 2.64. The minimum atomic E-state index is -3.18. The average molecular weight is 698 g/mol. The first-order chi connectivity index (χ1) is 22.6. The van der Waals surface area contributed by atoms with Gasteiger partial charge in [0.25, 0.3) is 8.32 Å². The number of rotatable bonds is 13. The third kappa shape index (κ3) is 9.04.